The van der Waals surface area contributed by atoms with E-state index in [1.807, 2.05) is 11.4 Å². The molecule has 5 heteroatoms. The molecule has 0 fully saturated rings. The van der Waals surface area contributed by atoms with Gasteiger partial charge in [0.2, 0.25) is 0 Å². The van der Waals surface area contributed by atoms with Gasteiger partial charge < -0.3 is 5.32 Å². The van der Waals surface area contributed by atoms with Crippen LogP contribution in [0.1, 0.15) is 5.56 Å². The predicted molar refractivity (Wildman–Crippen MR) is 70.8 cm³/mol. The van der Waals surface area contributed by atoms with Gasteiger partial charge in [-0.1, -0.05) is 11.6 Å². The lowest BCUT2D eigenvalue weighted by molar-refractivity contribution is 0.628. The molecule has 16 heavy (non-hydrogen) atoms. The highest BCUT2D eigenvalue weighted by atomic mass is 79.9. The number of nitrogens with one attached hydrogen (secondary N) is 1. The first kappa shape index (κ1) is 11.9. The molecule has 84 valence electrons. The van der Waals surface area contributed by atoms with E-state index in [-0.39, 0.29) is 5.02 Å². The fourth-order valence-electron chi connectivity index (χ4n) is 1.25. The SMILES string of the molecule is Fc1cc(NCc2csc(Br)c2)ccc1Cl. The maximum absolute atomic E-state index is 13.1. The number of anilines is 1. The minimum atomic E-state index is -0.404. The van der Waals surface area contributed by atoms with E-state index in [2.05, 4.69) is 21.2 Å². The maximum atomic E-state index is 13.1. The molecule has 1 heterocycles. The number of rotatable bonds is 3. The van der Waals surface area contributed by atoms with E-state index >= 15 is 0 Å². The third-order valence-electron chi connectivity index (χ3n) is 2.04. The van der Waals surface area contributed by atoms with Gasteiger partial charge in [0.1, 0.15) is 5.82 Å². The molecular weight excluding hydrogens is 313 g/mol. The molecule has 0 aliphatic rings. The second kappa shape index (κ2) is 5.17. The molecule has 0 bridgehead atoms. The van der Waals surface area contributed by atoms with Crippen molar-refractivity contribution in [2.75, 3.05) is 5.32 Å². The quantitative estimate of drug-likeness (QED) is 0.847. The normalized spacial score (nSPS) is 10.4. The molecule has 2 rings (SSSR count). The van der Waals surface area contributed by atoms with Gasteiger partial charge in [-0.15, -0.1) is 11.3 Å². The molecule has 1 N–H and O–H groups in total. The number of hydrogen-bond acceptors (Lipinski definition) is 2. The Labute approximate surface area is 110 Å². The fraction of sp³-hybridized carbons (Fsp3) is 0.0909. The third-order valence-corrected chi connectivity index (χ3v) is 3.90. The summed E-state index contributed by atoms with van der Waals surface area (Å²) in [4.78, 5) is 0. The van der Waals surface area contributed by atoms with Gasteiger partial charge in [0.05, 0.1) is 8.81 Å². The summed E-state index contributed by atoms with van der Waals surface area (Å²) in [5, 5.41) is 5.32. The average Bonchev–Trinajstić information content (AvgIpc) is 2.66. The highest BCUT2D eigenvalue weighted by Crippen LogP contribution is 2.22. The molecule has 0 aliphatic carbocycles. The van der Waals surface area contributed by atoms with Gasteiger partial charge in [-0.3, -0.25) is 0 Å². The Morgan fingerprint density at radius 3 is 2.81 bits per heavy atom. The van der Waals surface area contributed by atoms with Crippen LogP contribution in [-0.2, 0) is 6.54 Å². The minimum absolute atomic E-state index is 0.142. The Bertz CT molecular complexity index is 500. The summed E-state index contributed by atoms with van der Waals surface area (Å²) in [7, 11) is 0. The Balaban J connectivity index is 2.02. The van der Waals surface area contributed by atoms with Crippen molar-refractivity contribution < 1.29 is 4.39 Å². The van der Waals surface area contributed by atoms with Crippen LogP contribution in [-0.4, -0.2) is 0 Å². The van der Waals surface area contributed by atoms with Crippen LogP contribution in [0.2, 0.25) is 5.02 Å². The molecule has 0 atom stereocenters. The van der Waals surface area contributed by atoms with Gasteiger partial charge in [0, 0.05) is 12.2 Å². The molecular formula is C11H8BrClFNS. The zero-order valence-electron chi connectivity index (χ0n) is 8.14. The van der Waals surface area contributed by atoms with Crippen LogP contribution in [0.15, 0.2) is 33.4 Å². The smallest absolute Gasteiger partial charge is 0.143 e. The predicted octanol–water partition coefficient (Wildman–Crippen LogP) is 4.92. The summed E-state index contributed by atoms with van der Waals surface area (Å²) in [6.07, 6.45) is 0. The van der Waals surface area contributed by atoms with E-state index in [1.54, 1.807) is 23.5 Å². The summed E-state index contributed by atoms with van der Waals surface area (Å²) in [6.45, 7) is 0.670. The lowest BCUT2D eigenvalue weighted by Crippen LogP contribution is -1.98. The average molecular weight is 321 g/mol. The van der Waals surface area contributed by atoms with Gasteiger partial charge in [-0.05, 0) is 51.1 Å². The lowest BCUT2D eigenvalue weighted by atomic mass is 10.3. The van der Waals surface area contributed by atoms with Crippen molar-refractivity contribution in [1.82, 2.24) is 0 Å². The van der Waals surface area contributed by atoms with Crippen molar-refractivity contribution in [3.05, 3.63) is 49.8 Å². The molecule has 0 spiro atoms. The maximum Gasteiger partial charge on any atom is 0.143 e. The molecule has 0 radical (unpaired) electrons. The standard InChI is InChI=1S/C11H8BrClFNS/c12-11-3-7(6-16-11)5-15-8-1-2-9(13)10(14)4-8/h1-4,6,15H,5H2. The van der Waals surface area contributed by atoms with Gasteiger partial charge in [-0.25, -0.2) is 4.39 Å². The van der Waals surface area contributed by atoms with Crippen LogP contribution >= 0.6 is 38.9 Å². The van der Waals surface area contributed by atoms with E-state index < -0.39 is 5.82 Å². The van der Waals surface area contributed by atoms with Crippen molar-refractivity contribution in [2.45, 2.75) is 6.54 Å². The molecule has 0 saturated heterocycles. The van der Waals surface area contributed by atoms with Crippen LogP contribution in [0.4, 0.5) is 10.1 Å². The first-order valence-corrected chi connectivity index (χ1v) is 6.62. The van der Waals surface area contributed by atoms with Crippen LogP contribution in [0.3, 0.4) is 0 Å². The largest absolute Gasteiger partial charge is 0.381 e. The fourth-order valence-corrected chi connectivity index (χ4v) is 2.58. The van der Waals surface area contributed by atoms with E-state index in [0.29, 0.717) is 6.54 Å². The van der Waals surface area contributed by atoms with Crippen molar-refractivity contribution >= 4 is 44.6 Å². The van der Waals surface area contributed by atoms with Crippen LogP contribution in [0, 0.1) is 5.82 Å². The molecule has 1 nitrogen and oxygen atoms in total. The van der Waals surface area contributed by atoms with Crippen molar-refractivity contribution in [3.63, 3.8) is 0 Å². The van der Waals surface area contributed by atoms with E-state index in [4.69, 9.17) is 11.6 Å². The summed E-state index contributed by atoms with van der Waals surface area (Å²) in [5.74, 6) is -0.404. The second-order valence-corrected chi connectivity index (χ2v) is 5.94. The Hall–Kier alpha value is -0.580. The highest BCUT2D eigenvalue weighted by molar-refractivity contribution is 9.11. The molecule has 2 aromatic rings. The lowest BCUT2D eigenvalue weighted by Gasteiger charge is -2.05. The van der Waals surface area contributed by atoms with Crippen molar-refractivity contribution in [3.8, 4) is 0 Å². The van der Waals surface area contributed by atoms with E-state index in [0.717, 1.165) is 15.0 Å². The molecule has 1 aromatic carbocycles. The van der Waals surface area contributed by atoms with Crippen LogP contribution in [0.5, 0.6) is 0 Å². The summed E-state index contributed by atoms with van der Waals surface area (Å²) in [6, 6.07) is 6.73. The number of hydrogen-bond donors (Lipinski definition) is 1. The van der Waals surface area contributed by atoms with E-state index in [9.17, 15) is 4.39 Å². The van der Waals surface area contributed by atoms with Gasteiger partial charge in [0.15, 0.2) is 0 Å². The first-order chi connectivity index (χ1) is 7.65. The zero-order chi connectivity index (χ0) is 11.5. The van der Waals surface area contributed by atoms with Gasteiger partial charge in [0.25, 0.3) is 0 Å². The summed E-state index contributed by atoms with van der Waals surface area (Å²) in [5.41, 5.74) is 1.89. The van der Waals surface area contributed by atoms with Crippen LogP contribution in [0.25, 0.3) is 0 Å². The summed E-state index contributed by atoms with van der Waals surface area (Å²) < 4.78 is 14.2. The summed E-state index contributed by atoms with van der Waals surface area (Å²) >= 11 is 10.6. The number of halogens is 3. The first-order valence-electron chi connectivity index (χ1n) is 4.57. The zero-order valence-corrected chi connectivity index (χ0v) is 11.3. The van der Waals surface area contributed by atoms with Crippen LogP contribution < -0.4 is 5.32 Å². The second-order valence-electron chi connectivity index (χ2n) is 3.24. The van der Waals surface area contributed by atoms with E-state index in [1.165, 1.54) is 6.07 Å². The van der Waals surface area contributed by atoms with Gasteiger partial charge in [-0.2, -0.15) is 0 Å². The highest BCUT2D eigenvalue weighted by Gasteiger charge is 2.01. The minimum Gasteiger partial charge on any atom is -0.381 e. The van der Waals surface area contributed by atoms with Crippen molar-refractivity contribution in [2.24, 2.45) is 0 Å². The molecule has 0 saturated carbocycles. The molecule has 0 amide bonds. The molecule has 0 unspecified atom stereocenters. The Kier molecular flexibility index (Phi) is 3.84. The van der Waals surface area contributed by atoms with Crippen molar-refractivity contribution in [1.29, 1.82) is 0 Å². The topological polar surface area (TPSA) is 12.0 Å². The monoisotopic (exact) mass is 319 g/mol. The molecule has 1 aromatic heterocycles. The Morgan fingerprint density at radius 1 is 1.38 bits per heavy atom. The third kappa shape index (κ3) is 2.97. The number of benzene rings is 1. The Morgan fingerprint density at radius 2 is 2.19 bits per heavy atom. The molecule has 0 aliphatic heterocycles. The number of thiophene rings is 1. The van der Waals surface area contributed by atoms with Gasteiger partial charge >= 0.3 is 0 Å².